The molecule has 0 saturated carbocycles. The number of hydrogen-bond donors (Lipinski definition) is 1. The van der Waals surface area contributed by atoms with Gasteiger partial charge in [0.15, 0.2) is 0 Å². The molecule has 24 heavy (non-hydrogen) atoms. The minimum Gasteiger partial charge on any atom is -0.259 e. The predicted octanol–water partition coefficient (Wildman–Crippen LogP) is 2.74. The van der Waals surface area contributed by atoms with Crippen LogP contribution in [-0.2, 0) is 10.2 Å². The SMILES string of the molecule is CC1CCN(S(=O)(=O)NC(c2ccccc2)c2ccccn2)CC1. The quantitative estimate of drug-likeness (QED) is 0.906. The van der Waals surface area contributed by atoms with Crippen LogP contribution >= 0.6 is 0 Å². The van der Waals surface area contributed by atoms with Crippen LogP contribution in [0.1, 0.15) is 37.1 Å². The molecule has 0 aliphatic carbocycles. The first kappa shape index (κ1) is 17.1. The second-order valence-corrected chi connectivity index (χ2v) is 8.00. The molecule has 1 atom stereocenters. The summed E-state index contributed by atoms with van der Waals surface area (Å²) >= 11 is 0. The van der Waals surface area contributed by atoms with Gasteiger partial charge in [-0.05, 0) is 36.5 Å². The Kier molecular flexibility index (Phi) is 5.28. The molecular formula is C18H23N3O2S. The van der Waals surface area contributed by atoms with Gasteiger partial charge in [0.25, 0.3) is 10.2 Å². The number of nitrogens with zero attached hydrogens (tertiary/aromatic N) is 2. The van der Waals surface area contributed by atoms with Gasteiger partial charge in [-0.15, -0.1) is 0 Å². The Morgan fingerprint density at radius 1 is 1.08 bits per heavy atom. The third-order valence-corrected chi connectivity index (χ3v) is 6.04. The molecule has 0 radical (unpaired) electrons. The predicted molar refractivity (Wildman–Crippen MR) is 94.5 cm³/mol. The van der Waals surface area contributed by atoms with Crippen LogP contribution < -0.4 is 4.72 Å². The number of nitrogens with one attached hydrogen (secondary N) is 1. The van der Waals surface area contributed by atoms with Crippen LogP contribution in [0, 0.1) is 5.92 Å². The van der Waals surface area contributed by atoms with Crippen molar-refractivity contribution in [1.29, 1.82) is 0 Å². The van der Waals surface area contributed by atoms with Crippen molar-refractivity contribution in [1.82, 2.24) is 14.0 Å². The molecule has 3 rings (SSSR count). The molecule has 0 bridgehead atoms. The first-order valence-electron chi connectivity index (χ1n) is 8.29. The van der Waals surface area contributed by atoms with E-state index in [2.05, 4.69) is 16.6 Å². The van der Waals surface area contributed by atoms with Crippen molar-refractivity contribution >= 4 is 10.2 Å². The Labute approximate surface area is 143 Å². The molecule has 1 fully saturated rings. The van der Waals surface area contributed by atoms with Crippen molar-refractivity contribution in [2.24, 2.45) is 5.92 Å². The summed E-state index contributed by atoms with van der Waals surface area (Å²) in [5.74, 6) is 0.581. The van der Waals surface area contributed by atoms with E-state index in [-0.39, 0.29) is 0 Å². The van der Waals surface area contributed by atoms with Gasteiger partial charge >= 0.3 is 0 Å². The van der Waals surface area contributed by atoms with E-state index in [0.717, 1.165) is 18.4 Å². The van der Waals surface area contributed by atoms with Gasteiger partial charge in [0.2, 0.25) is 0 Å². The lowest BCUT2D eigenvalue weighted by Crippen LogP contribution is -2.46. The Morgan fingerprint density at radius 2 is 1.75 bits per heavy atom. The Balaban J connectivity index is 1.87. The van der Waals surface area contributed by atoms with Crippen molar-refractivity contribution in [3.8, 4) is 0 Å². The second kappa shape index (κ2) is 7.42. The largest absolute Gasteiger partial charge is 0.280 e. The van der Waals surface area contributed by atoms with Gasteiger partial charge in [-0.2, -0.15) is 17.4 Å². The summed E-state index contributed by atoms with van der Waals surface area (Å²) < 4.78 is 30.1. The van der Waals surface area contributed by atoms with E-state index >= 15 is 0 Å². The number of hydrogen-bond acceptors (Lipinski definition) is 3. The smallest absolute Gasteiger partial charge is 0.259 e. The Hall–Kier alpha value is -1.76. The maximum Gasteiger partial charge on any atom is 0.280 e. The lowest BCUT2D eigenvalue weighted by molar-refractivity contribution is 0.284. The molecule has 1 saturated heterocycles. The minimum atomic E-state index is -3.56. The van der Waals surface area contributed by atoms with E-state index in [4.69, 9.17) is 0 Å². The van der Waals surface area contributed by atoms with Crippen LogP contribution in [0.15, 0.2) is 54.7 Å². The van der Waals surface area contributed by atoms with E-state index < -0.39 is 16.3 Å². The van der Waals surface area contributed by atoms with Crippen molar-refractivity contribution in [2.75, 3.05) is 13.1 Å². The first-order chi connectivity index (χ1) is 11.6. The fourth-order valence-electron chi connectivity index (χ4n) is 2.94. The van der Waals surface area contributed by atoms with Crippen LogP contribution in [0.4, 0.5) is 0 Å². The maximum atomic E-state index is 12.8. The van der Waals surface area contributed by atoms with Crippen molar-refractivity contribution in [2.45, 2.75) is 25.8 Å². The molecule has 1 aromatic carbocycles. The Morgan fingerprint density at radius 3 is 2.38 bits per heavy atom. The molecule has 128 valence electrons. The van der Waals surface area contributed by atoms with Crippen LogP contribution in [0.25, 0.3) is 0 Å². The van der Waals surface area contributed by atoms with Crippen LogP contribution in [0.2, 0.25) is 0 Å². The van der Waals surface area contributed by atoms with E-state index in [9.17, 15) is 8.42 Å². The highest BCUT2D eigenvalue weighted by Gasteiger charge is 2.30. The standard InChI is InChI=1S/C18H23N3O2S/c1-15-10-13-21(14-11-15)24(22,23)20-18(16-7-3-2-4-8-16)17-9-5-6-12-19-17/h2-9,12,15,18,20H,10-11,13-14H2,1H3. The summed E-state index contributed by atoms with van der Waals surface area (Å²) in [6.07, 6.45) is 3.49. The summed E-state index contributed by atoms with van der Waals surface area (Å²) in [6, 6.07) is 14.6. The van der Waals surface area contributed by atoms with E-state index in [1.165, 1.54) is 0 Å². The van der Waals surface area contributed by atoms with Crippen molar-refractivity contribution < 1.29 is 8.42 Å². The lowest BCUT2D eigenvalue weighted by atomic mass is 10.0. The van der Waals surface area contributed by atoms with E-state index in [1.54, 1.807) is 10.5 Å². The average Bonchev–Trinajstić information content (AvgIpc) is 2.62. The summed E-state index contributed by atoms with van der Waals surface area (Å²) in [4.78, 5) is 4.35. The normalized spacial score (nSPS) is 18.4. The average molecular weight is 345 g/mol. The molecule has 2 heterocycles. The highest BCUT2D eigenvalue weighted by atomic mass is 32.2. The van der Waals surface area contributed by atoms with Gasteiger partial charge in [-0.1, -0.05) is 43.3 Å². The second-order valence-electron chi connectivity index (χ2n) is 6.30. The number of aromatic nitrogens is 1. The zero-order valence-corrected chi connectivity index (χ0v) is 14.6. The van der Waals surface area contributed by atoms with Gasteiger partial charge in [-0.3, -0.25) is 4.98 Å². The molecule has 2 aromatic rings. The molecule has 0 amide bonds. The van der Waals surface area contributed by atoms with Crippen LogP contribution in [0.3, 0.4) is 0 Å². The summed E-state index contributed by atoms with van der Waals surface area (Å²) in [5, 5.41) is 0. The van der Waals surface area contributed by atoms with Crippen LogP contribution in [-0.4, -0.2) is 30.8 Å². The molecule has 1 aliphatic rings. The van der Waals surface area contributed by atoms with Gasteiger partial charge in [0, 0.05) is 19.3 Å². The third-order valence-electron chi connectivity index (χ3n) is 4.47. The first-order valence-corrected chi connectivity index (χ1v) is 9.73. The highest BCUT2D eigenvalue weighted by Crippen LogP contribution is 2.24. The third kappa shape index (κ3) is 4.01. The zero-order chi connectivity index (χ0) is 17.0. The molecular weight excluding hydrogens is 322 g/mol. The maximum absolute atomic E-state index is 12.8. The fourth-order valence-corrected chi connectivity index (χ4v) is 4.34. The van der Waals surface area contributed by atoms with Gasteiger partial charge in [0.1, 0.15) is 0 Å². The molecule has 1 aliphatic heterocycles. The molecule has 1 aromatic heterocycles. The summed E-state index contributed by atoms with van der Waals surface area (Å²) in [5.41, 5.74) is 1.57. The molecule has 1 unspecified atom stereocenters. The fraction of sp³-hybridized carbons (Fsp3) is 0.389. The van der Waals surface area contributed by atoms with Crippen molar-refractivity contribution in [3.63, 3.8) is 0 Å². The minimum absolute atomic E-state index is 0.489. The summed E-state index contributed by atoms with van der Waals surface area (Å²) in [6.45, 7) is 3.30. The van der Waals surface area contributed by atoms with Crippen LogP contribution in [0.5, 0.6) is 0 Å². The van der Waals surface area contributed by atoms with Crippen molar-refractivity contribution in [3.05, 3.63) is 66.0 Å². The van der Waals surface area contributed by atoms with Gasteiger partial charge in [-0.25, -0.2) is 0 Å². The molecule has 1 N–H and O–H groups in total. The molecule has 0 spiro atoms. The van der Waals surface area contributed by atoms with E-state index in [0.29, 0.717) is 24.7 Å². The topological polar surface area (TPSA) is 62.3 Å². The number of pyridine rings is 1. The lowest BCUT2D eigenvalue weighted by Gasteiger charge is -2.31. The zero-order valence-electron chi connectivity index (χ0n) is 13.8. The highest BCUT2D eigenvalue weighted by molar-refractivity contribution is 7.87. The number of rotatable bonds is 5. The number of benzene rings is 1. The summed E-state index contributed by atoms with van der Waals surface area (Å²) in [7, 11) is -3.56. The molecule has 6 heteroatoms. The van der Waals surface area contributed by atoms with Gasteiger partial charge < -0.3 is 0 Å². The molecule has 5 nitrogen and oxygen atoms in total. The van der Waals surface area contributed by atoms with Gasteiger partial charge in [0.05, 0.1) is 11.7 Å². The monoisotopic (exact) mass is 345 g/mol. The Bertz CT molecular complexity index is 703. The number of piperidine rings is 1. The van der Waals surface area contributed by atoms with E-state index in [1.807, 2.05) is 48.5 Å².